The molecule has 19 heavy (non-hydrogen) atoms. The summed E-state index contributed by atoms with van der Waals surface area (Å²) in [6, 6.07) is 0. The Bertz CT molecular complexity index is 363. The number of nitrogens with zero attached hydrogens (tertiary/aromatic N) is 1. The number of nitrogens with one attached hydrogen (secondary N) is 1. The fourth-order valence-electron chi connectivity index (χ4n) is 1.75. The van der Waals surface area contributed by atoms with Crippen molar-refractivity contribution >= 4 is 0 Å². The predicted octanol–water partition coefficient (Wildman–Crippen LogP) is 3.69. The van der Waals surface area contributed by atoms with E-state index in [2.05, 4.69) is 51.8 Å². The zero-order valence-electron chi connectivity index (χ0n) is 13.4. The van der Waals surface area contributed by atoms with Gasteiger partial charge in [-0.1, -0.05) is 41.5 Å². The molecule has 1 unspecified atom stereocenters. The van der Waals surface area contributed by atoms with Crippen LogP contribution in [0.4, 0.5) is 0 Å². The molecule has 1 N–H and O–H groups in total. The van der Waals surface area contributed by atoms with Crippen LogP contribution in [0.25, 0.3) is 0 Å². The highest BCUT2D eigenvalue weighted by molar-refractivity contribution is 4.97. The van der Waals surface area contributed by atoms with Crippen LogP contribution in [0, 0.1) is 17.3 Å². The summed E-state index contributed by atoms with van der Waals surface area (Å²) in [6.45, 7) is 15.5. The van der Waals surface area contributed by atoms with E-state index in [1.165, 1.54) is 0 Å². The van der Waals surface area contributed by atoms with Crippen LogP contribution >= 0.6 is 0 Å². The van der Waals surface area contributed by atoms with Gasteiger partial charge in [-0.25, -0.2) is 4.98 Å². The van der Waals surface area contributed by atoms with Crippen LogP contribution in [0.5, 0.6) is 0 Å². The van der Waals surface area contributed by atoms with Gasteiger partial charge in [0.1, 0.15) is 5.76 Å². The van der Waals surface area contributed by atoms with Gasteiger partial charge in [-0.05, 0) is 23.8 Å². The summed E-state index contributed by atoms with van der Waals surface area (Å²) < 4.78 is 5.81. The molecule has 0 radical (unpaired) electrons. The molecule has 0 saturated carbocycles. The van der Waals surface area contributed by atoms with E-state index >= 15 is 0 Å². The molecule has 1 aromatic rings. The van der Waals surface area contributed by atoms with Gasteiger partial charge in [0.25, 0.3) is 0 Å². The first-order valence-electron chi connectivity index (χ1n) is 7.43. The van der Waals surface area contributed by atoms with Gasteiger partial charge in [0.2, 0.25) is 0 Å². The monoisotopic (exact) mass is 266 g/mol. The molecule has 0 saturated heterocycles. The molecule has 0 spiro atoms. The van der Waals surface area contributed by atoms with Crippen molar-refractivity contribution in [3.05, 3.63) is 17.8 Å². The number of hydrogen-bond acceptors (Lipinski definition) is 3. The van der Waals surface area contributed by atoms with E-state index in [1.807, 2.05) is 6.20 Å². The van der Waals surface area contributed by atoms with Crippen LogP contribution < -0.4 is 5.32 Å². The van der Waals surface area contributed by atoms with Crippen molar-refractivity contribution in [2.24, 2.45) is 17.3 Å². The van der Waals surface area contributed by atoms with Crippen molar-refractivity contribution in [3.8, 4) is 0 Å². The van der Waals surface area contributed by atoms with Crippen LogP contribution in [-0.4, -0.2) is 18.1 Å². The van der Waals surface area contributed by atoms with Crippen molar-refractivity contribution < 1.29 is 4.42 Å². The first kappa shape index (κ1) is 16.2. The van der Waals surface area contributed by atoms with Crippen LogP contribution in [-0.2, 0) is 12.8 Å². The molecule has 0 amide bonds. The van der Waals surface area contributed by atoms with Crippen molar-refractivity contribution in [2.75, 3.05) is 13.1 Å². The standard InChI is InChI=1S/C16H30N2O/c1-12(2)10-17-8-7-15-18-11-14(19-15)9-13(3)16(4,5)6/h11-13,17H,7-10H2,1-6H3. The molecule has 0 aliphatic rings. The third-order valence-corrected chi connectivity index (χ3v) is 3.66. The zero-order valence-corrected chi connectivity index (χ0v) is 13.4. The summed E-state index contributed by atoms with van der Waals surface area (Å²) >= 11 is 0. The van der Waals surface area contributed by atoms with Gasteiger partial charge in [0.05, 0.1) is 6.20 Å². The predicted molar refractivity (Wildman–Crippen MR) is 80.2 cm³/mol. The minimum atomic E-state index is 0.311. The van der Waals surface area contributed by atoms with Gasteiger partial charge in [0, 0.05) is 19.4 Å². The van der Waals surface area contributed by atoms with Gasteiger partial charge in [-0.15, -0.1) is 0 Å². The lowest BCUT2D eigenvalue weighted by Gasteiger charge is -2.26. The number of oxazole rings is 1. The average Bonchev–Trinajstić information content (AvgIpc) is 2.70. The minimum Gasteiger partial charge on any atom is -0.446 e. The summed E-state index contributed by atoms with van der Waals surface area (Å²) in [5.41, 5.74) is 0.311. The van der Waals surface area contributed by atoms with Gasteiger partial charge < -0.3 is 9.73 Å². The Morgan fingerprint density at radius 2 is 1.95 bits per heavy atom. The fraction of sp³-hybridized carbons (Fsp3) is 0.812. The minimum absolute atomic E-state index is 0.311. The van der Waals surface area contributed by atoms with Gasteiger partial charge in [-0.3, -0.25) is 0 Å². The van der Waals surface area contributed by atoms with Crippen molar-refractivity contribution in [2.45, 2.75) is 54.4 Å². The number of hydrogen-bond donors (Lipinski definition) is 1. The van der Waals surface area contributed by atoms with Crippen LogP contribution in [0.1, 0.15) is 53.2 Å². The molecular weight excluding hydrogens is 236 g/mol. The Kier molecular flexibility index (Phi) is 6.05. The first-order chi connectivity index (χ1) is 8.79. The topological polar surface area (TPSA) is 38.1 Å². The Hall–Kier alpha value is -0.830. The van der Waals surface area contributed by atoms with Gasteiger partial charge >= 0.3 is 0 Å². The Morgan fingerprint density at radius 1 is 1.26 bits per heavy atom. The van der Waals surface area contributed by atoms with Crippen LogP contribution in [0.2, 0.25) is 0 Å². The second kappa shape index (κ2) is 7.09. The molecule has 1 heterocycles. The van der Waals surface area contributed by atoms with Crippen molar-refractivity contribution in [1.82, 2.24) is 10.3 Å². The number of aromatic nitrogens is 1. The normalized spacial score (nSPS) is 14.1. The summed E-state index contributed by atoms with van der Waals surface area (Å²) in [5, 5.41) is 3.41. The maximum atomic E-state index is 5.81. The Balaban J connectivity index is 2.36. The van der Waals surface area contributed by atoms with E-state index in [0.29, 0.717) is 17.3 Å². The molecule has 3 heteroatoms. The summed E-state index contributed by atoms with van der Waals surface area (Å²) in [5.74, 6) is 3.15. The Morgan fingerprint density at radius 3 is 2.53 bits per heavy atom. The molecule has 1 rings (SSSR count). The lowest BCUT2D eigenvalue weighted by atomic mass is 9.80. The van der Waals surface area contributed by atoms with Crippen molar-refractivity contribution in [1.29, 1.82) is 0 Å². The van der Waals surface area contributed by atoms with Gasteiger partial charge in [0.15, 0.2) is 5.89 Å². The molecule has 0 fully saturated rings. The number of rotatable bonds is 7. The largest absolute Gasteiger partial charge is 0.446 e. The highest BCUT2D eigenvalue weighted by atomic mass is 16.4. The summed E-state index contributed by atoms with van der Waals surface area (Å²) in [4.78, 5) is 4.36. The van der Waals surface area contributed by atoms with Crippen molar-refractivity contribution in [3.63, 3.8) is 0 Å². The Labute approximate surface area is 118 Å². The van der Waals surface area contributed by atoms with E-state index in [-0.39, 0.29) is 0 Å². The lowest BCUT2D eigenvalue weighted by molar-refractivity contribution is 0.246. The molecule has 0 aliphatic heterocycles. The van der Waals surface area contributed by atoms with Gasteiger partial charge in [-0.2, -0.15) is 0 Å². The molecule has 110 valence electrons. The molecule has 1 atom stereocenters. The first-order valence-corrected chi connectivity index (χ1v) is 7.43. The lowest BCUT2D eigenvalue weighted by Crippen LogP contribution is -2.22. The van der Waals surface area contributed by atoms with E-state index in [9.17, 15) is 0 Å². The zero-order chi connectivity index (χ0) is 14.5. The SMILES string of the molecule is CC(C)CNCCc1ncc(CC(C)C(C)(C)C)o1. The maximum absolute atomic E-state index is 5.81. The summed E-state index contributed by atoms with van der Waals surface area (Å²) in [6.07, 6.45) is 3.73. The smallest absolute Gasteiger partial charge is 0.195 e. The van der Waals surface area contributed by atoms with E-state index in [4.69, 9.17) is 4.42 Å². The second-order valence-electron chi connectivity index (χ2n) is 7.04. The quantitative estimate of drug-likeness (QED) is 0.765. The highest BCUT2D eigenvalue weighted by Gasteiger charge is 2.21. The highest BCUT2D eigenvalue weighted by Crippen LogP contribution is 2.28. The molecule has 0 bridgehead atoms. The third-order valence-electron chi connectivity index (χ3n) is 3.66. The van der Waals surface area contributed by atoms with E-state index < -0.39 is 0 Å². The van der Waals surface area contributed by atoms with E-state index in [1.54, 1.807) is 0 Å². The molecule has 0 aliphatic carbocycles. The molecular formula is C16H30N2O. The second-order valence-corrected chi connectivity index (χ2v) is 7.04. The molecule has 0 aromatic carbocycles. The fourth-order valence-corrected chi connectivity index (χ4v) is 1.75. The molecule has 1 aromatic heterocycles. The van der Waals surface area contributed by atoms with Crippen LogP contribution in [0.3, 0.4) is 0 Å². The van der Waals surface area contributed by atoms with Crippen LogP contribution in [0.15, 0.2) is 10.6 Å². The summed E-state index contributed by atoms with van der Waals surface area (Å²) in [7, 11) is 0. The average molecular weight is 266 g/mol. The maximum Gasteiger partial charge on any atom is 0.195 e. The molecule has 3 nitrogen and oxygen atoms in total. The third kappa shape index (κ3) is 6.24. The van der Waals surface area contributed by atoms with E-state index in [0.717, 1.165) is 37.6 Å².